The number of imidazole rings is 1. The fraction of sp³-hybridized carbons (Fsp3) is 0.389. The van der Waals surface area contributed by atoms with Gasteiger partial charge in [0.1, 0.15) is 5.70 Å². The van der Waals surface area contributed by atoms with Gasteiger partial charge in [-0.05, 0) is 36.1 Å². The fourth-order valence-corrected chi connectivity index (χ4v) is 2.87. The lowest BCUT2D eigenvalue weighted by atomic mass is 10.0. The number of aromatic nitrogens is 2. The number of nitrogens with zero attached hydrogens (tertiary/aromatic N) is 2. The molecule has 0 radical (unpaired) electrons. The maximum absolute atomic E-state index is 12.2. The Morgan fingerprint density at radius 3 is 2.96 bits per heavy atom. The zero-order valence-corrected chi connectivity index (χ0v) is 14.7. The Labute approximate surface area is 146 Å². The third-order valence-corrected chi connectivity index (χ3v) is 3.91. The van der Waals surface area contributed by atoms with Crippen LogP contribution in [0.3, 0.4) is 0 Å². The summed E-state index contributed by atoms with van der Waals surface area (Å²) < 4.78 is 5.24. The number of carbonyl (C=O) groups is 1. The molecule has 1 atom stereocenters. The van der Waals surface area contributed by atoms with Crippen molar-refractivity contribution < 1.29 is 9.53 Å². The third kappa shape index (κ3) is 4.24. The van der Waals surface area contributed by atoms with Gasteiger partial charge in [0.15, 0.2) is 0 Å². The third-order valence-electron chi connectivity index (χ3n) is 3.91. The van der Waals surface area contributed by atoms with Crippen molar-refractivity contribution in [3.63, 3.8) is 0 Å². The zero-order chi connectivity index (χ0) is 17.8. The van der Waals surface area contributed by atoms with Crippen molar-refractivity contribution in [3.05, 3.63) is 35.8 Å². The number of hydrogen-bond acceptors (Lipinski definition) is 5. The summed E-state index contributed by atoms with van der Waals surface area (Å²) in [5.74, 6) is 0.770. The first-order valence-electron chi connectivity index (χ1n) is 8.35. The summed E-state index contributed by atoms with van der Waals surface area (Å²) in [7, 11) is 1.67. The number of aliphatic imine (C=N–C) groups is 1. The number of amides is 1. The predicted molar refractivity (Wildman–Crippen MR) is 97.9 cm³/mol. The Hall–Kier alpha value is -2.67. The molecule has 0 saturated heterocycles. The van der Waals surface area contributed by atoms with Gasteiger partial charge in [-0.3, -0.25) is 10.1 Å². The van der Waals surface area contributed by atoms with Gasteiger partial charge in [-0.1, -0.05) is 19.9 Å². The van der Waals surface area contributed by atoms with Gasteiger partial charge in [0.2, 0.25) is 5.96 Å². The topological polar surface area (TPSA) is 91.4 Å². The van der Waals surface area contributed by atoms with Crippen molar-refractivity contribution in [2.75, 3.05) is 13.7 Å². The van der Waals surface area contributed by atoms with Gasteiger partial charge in [0.25, 0.3) is 5.91 Å². The number of guanidine groups is 1. The molecule has 1 unspecified atom stereocenters. The first-order valence-corrected chi connectivity index (χ1v) is 8.35. The summed E-state index contributed by atoms with van der Waals surface area (Å²) in [4.78, 5) is 23.8. The molecule has 7 heteroatoms. The van der Waals surface area contributed by atoms with Gasteiger partial charge in [-0.2, -0.15) is 0 Å². The van der Waals surface area contributed by atoms with Crippen LogP contribution in [0.5, 0.6) is 0 Å². The summed E-state index contributed by atoms with van der Waals surface area (Å²) in [5.41, 5.74) is 3.07. The van der Waals surface area contributed by atoms with E-state index in [1.807, 2.05) is 18.2 Å². The van der Waals surface area contributed by atoms with Crippen LogP contribution in [0.25, 0.3) is 17.1 Å². The molecule has 1 aromatic heterocycles. The van der Waals surface area contributed by atoms with Crippen LogP contribution in [0.15, 0.2) is 35.2 Å². The van der Waals surface area contributed by atoms with Gasteiger partial charge in [-0.25, -0.2) is 9.98 Å². The number of aromatic amines is 1. The van der Waals surface area contributed by atoms with Crippen LogP contribution in [0.1, 0.15) is 25.8 Å². The highest BCUT2D eigenvalue weighted by atomic mass is 16.5. The lowest BCUT2D eigenvalue weighted by molar-refractivity contribution is -0.115. The highest BCUT2D eigenvalue weighted by Gasteiger charge is 2.22. The number of ether oxygens (including phenoxy) is 1. The van der Waals surface area contributed by atoms with E-state index in [-0.39, 0.29) is 11.9 Å². The summed E-state index contributed by atoms with van der Waals surface area (Å²) in [5, 5.41) is 6.03. The molecule has 1 aromatic carbocycles. The van der Waals surface area contributed by atoms with Crippen LogP contribution in [0.4, 0.5) is 0 Å². The maximum atomic E-state index is 12.2. The molecule has 0 saturated carbocycles. The molecule has 3 rings (SSSR count). The van der Waals surface area contributed by atoms with Crippen molar-refractivity contribution in [3.8, 4) is 0 Å². The Morgan fingerprint density at radius 1 is 1.36 bits per heavy atom. The van der Waals surface area contributed by atoms with E-state index < -0.39 is 0 Å². The molecule has 0 fully saturated rings. The lowest BCUT2D eigenvalue weighted by Gasteiger charge is -2.20. The Morgan fingerprint density at radius 2 is 2.20 bits per heavy atom. The number of H-pyrrole nitrogens is 1. The average Bonchev–Trinajstić information content (AvgIpc) is 3.13. The second-order valence-corrected chi connectivity index (χ2v) is 6.55. The smallest absolute Gasteiger partial charge is 0.276 e. The first kappa shape index (κ1) is 17.2. The second kappa shape index (κ2) is 7.48. The lowest BCUT2D eigenvalue weighted by Crippen LogP contribution is -2.45. The van der Waals surface area contributed by atoms with E-state index in [1.165, 1.54) is 0 Å². The standard InChI is InChI=1S/C18H23N5O2/c1-11(2)6-13(9-25-3)21-18-22-16(17(24)23-18)8-12-4-5-14-15(7-12)20-10-19-14/h4-5,7-8,10-11,13H,6,9H2,1-3H3,(H,19,20)(H2,21,22,23,24)/b16-8-. The van der Waals surface area contributed by atoms with Gasteiger partial charge >= 0.3 is 0 Å². The summed E-state index contributed by atoms with van der Waals surface area (Å²) in [6.45, 7) is 4.85. The molecule has 0 aliphatic carbocycles. The molecule has 7 nitrogen and oxygen atoms in total. The minimum Gasteiger partial charge on any atom is -0.383 e. The minimum absolute atomic E-state index is 0.101. The highest BCUT2D eigenvalue weighted by molar-refractivity contribution is 6.13. The highest BCUT2D eigenvalue weighted by Crippen LogP contribution is 2.16. The zero-order valence-electron chi connectivity index (χ0n) is 14.7. The molecule has 1 amide bonds. The normalized spacial score (nSPS) is 17.2. The van der Waals surface area contributed by atoms with Crippen LogP contribution in [0.2, 0.25) is 0 Å². The van der Waals surface area contributed by atoms with E-state index in [1.54, 1.807) is 19.5 Å². The Bertz CT molecular complexity index is 822. The van der Waals surface area contributed by atoms with Crippen LogP contribution >= 0.6 is 0 Å². The Balaban J connectivity index is 1.76. The van der Waals surface area contributed by atoms with E-state index in [4.69, 9.17) is 4.74 Å². The molecular weight excluding hydrogens is 318 g/mol. The van der Waals surface area contributed by atoms with E-state index in [0.717, 1.165) is 23.0 Å². The average molecular weight is 341 g/mol. The molecule has 25 heavy (non-hydrogen) atoms. The molecular formula is C18H23N5O2. The number of methoxy groups -OCH3 is 1. The number of rotatable bonds is 6. The van der Waals surface area contributed by atoms with Gasteiger partial charge in [-0.15, -0.1) is 0 Å². The molecule has 2 heterocycles. The molecule has 0 bridgehead atoms. The number of benzene rings is 1. The summed E-state index contributed by atoms with van der Waals surface area (Å²) in [6.07, 6.45) is 4.33. The number of fused-ring (bicyclic) bond motifs is 1. The van der Waals surface area contributed by atoms with Crippen molar-refractivity contribution in [2.24, 2.45) is 10.9 Å². The maximum Gasteiger partial charge on any atom is 0.276 e. The SMILES string of the molecule is COCC(CC(C)C)NC1=N/C(=C\c2ccc3[nH]cnc3c2)C(=O)N1. The molecule has 2 aromatic rings. The van der Waals surface area contributed by atoms with Gasteiger partial charge in [0.05, 0.1) is 30.0 Å². The largest absolute Gasteiger partial charge is 0.383 e. The first-order chi connectivity index (χ1) is 12.0. The van der Waals surface area contributed by atoms with E-state index in [2.05, 4.69) is 39.4 Å². The molecule has 132 valence electrons. The van der Waals surface area contributed by atoms with Gasteiger partial charge in [0, 0.05) is 7.11 Å². The summed E-state index contributed by atoms with van der Waals surface area (Å²) >= 11 is 0. The number of carbonyl (C=O) groups excluding carboxylic acids is 1. The van der Waals surface area contributed by atoms with Crippen molar-refractivity contribution in [2.45, 2.75) is 26.3 Å². The fourth-order valence-electron chi connectivity index (χ4n) is 2.87. The minimum atomic E-state index is -0.217. The summed E-state index contributed by atoms with van der Waals surface area (Å²) in [6, 6.07) is 5.87. The number of nitrogens with one attached hydrogen (secondary N) is 3. The van der Waals surface area contributed by atoms with Crippen molar-refractivity contribution in [1.82, 2.24) is 20.6 Å². The second-order valence-electron chi connectivity index (χ2n) is 6.55. The monoisotopic (exact) mass is 341 g/mol. The molecule has 1 aliphatic heterocycles. The van der Waals surface area contributed by atoms with Crippen molar-refractivity contribution >= 4 is 29.0 Å². The van der Waals surface area contributed by atoms with Gasteiger partial charge < -0.3 is 15.0 Å². The molecule has 0 spiro atoms. The molecule has 3 N–H and O–H groups in total. The Kier molecular flexibility index (Phi) is 5.14. The van der Waals surface area contributed by atoms with Crippen LogP contribution in [-0.4, -0.2) is 41.6 Å². The van der Waals surface area contributed by atoms with Crippen LogP contribution in [0, 0.1) is 5.92 Å². The van der Waals surface area contributed by atoms with E-state index in [9.17, 15) is 4.79 Å². The van der Waals surface area contributed by atoms with Crippen LogP contribution in [-0.2, 0) is 9.53 Å². The van der Waals surface area contributed by atoms with E-state index in [0.29, 0.717) is 24.2 Å². The quantitative estimate of drug-likeness (QED) is 0.701. The molecule has 1 aliphatic rings. The predicted octanol–water partition coefficient (Wildman–Crippen LogP) is 2.04. The number of hydrogen-bond donors (Lipinski definition) is 3. The van der Waals surface area contributed by atoms with E-state index >= 15 is 0 Å². The van der Waals surface area contributed by atoms with Crippen LogP contribution < -0.4 is 10.6 Å². The van der Waals surface area contributed by atoms with Crippen molar-refractivity contribution in [1.29, 1.82) is 0 Å².